The fourth-order valence-corrected chi connectivity index (χ4v) is 6.40. The maximum atomic E-state index is 6.18. The third kappa shape index (κ3) is 10.1. The van der Waals surface area contributed by atoms with Crippen LogP contribution in [0.15, 0.2) is 194 Å². The highest BCUT2D eigenvalue weighted by molar-refractivity contribution is 5.65. The molecule has 0 unspecified atom stereocenters. The van der Waals surface area contributed by atoms with Crippen molar-refractivity contribution in [2.24, 2.45) is 0 Å². The number of ether oxygens (including phenoxy) is 5. The summed E-state index contributed by atoms with van der Waals surface area (Å²) in [7, 11) is 1.64. The van der Waals surface area contributed by atoms with Crippen molar-refractivity contribution in [1.82, 2.24) is 0 Å². The lowest BCUT2D eigenvalue weighted by Crippen LogP contribution is -1.90. The van der Waals surface area contributed by atoms with Crippen LogP contribution in [0.3, 0.4) is 0 Å². The summed E-state index contributed by atoms with van der Waals surface area (Å²) in [6.07, 6.45) is 1.71. The van der Waals surface area contributed by atoms with E-state index in [9.17, 15) is 0 Å². The van der Waals surface area contributed by atoms with Crippen LogP contribution < -0.4 is 23.7 Å². The van der Waals surface area contributed by atoms with E-state index in [4.69, 9.17) is 23.7 Å². The second-order valence-corrected chi connectivity index (χ2v) is 13.9. The second kappa shape index (κ2) is 17.5. The molecule has 5 heteroatoms. The molecule has 8 aromatic rings. The Morgan fingerprint density at radius 3 is 0.737 bits per heavy atom. The monoisotopic (exact) mass is 746 g/mol. The minimum absolute atomic E-state index is 0.730. The van der Waals surface area contributed by atoms with Gasteiger partial charge in [0.1, 0.15) is 51.7 Å². The van der Waals surface area contributed by atoms with Crippen molar-refractivity contribution in [2.45, 2.75) is 19.8 Å². The number of benzene rings is 8. The highest BCUT2D eigenvalue weighted by Gasteiger charge is 2.06. The molecule has 0 bridgehead atoms. The average Bonchev–Trinajstić information content (AvgIpc) is 3.25. The topological polar surface area (TPSA) is 46.2 Å². The Morgan fingerprint density at radius 2 is 0.474 bits per heavy atom. The van der Waals surface area contributed by atoms with Crippen LogP contribution >= 0.6 is 0 Å². The van der Waals surface area contributed by atoms with E-state index in [1.54, 1.807) is 7.11 Å². The summed E-state index contributed by atoms with van der Waals surface area (Å²) < 4.78 is 29.5. The molecule has 0 N–H and O–H groups in total. The Kier molecular flexibility index (Phi) is 11.3. The van der Waals surface area contributed by atoms with Crippen molar-refractivity contribution in [1.29, 1.82) is 0 Å². The molecule has 0 aromatic heterocycles. The van der Waals surface area contributed by atoms with Crippen molar-refractivity contribution in [3.05, 3.63) is 222 Å². The molecule has 0 radical (unpaired) electrons. The minimum Gasteiger partial charge on any atom is -0.497 e. The van der Waals surface area contributed by atoms with Crippen LogP contribution in [-0.2, 0) is 12.8 Å². The number of aryl methyl sites for hydroxylation is 1. The third-order valence-electron chi connectivity index (χ3n) is 9.58. The van der Waals surface area contributed by atoms with Gasteiger partial charge in [-0.25, -0.2) is 0 Å². The zero-order valence-corrected chi connectivity index (χ0v) is 31.9. The predicted molar refractivity (Wildman–Crippen MR) is 228 cm³/mol. The van der Waals surface area contributed by atoms with E-state index in [1.165, 1.54) is 27.8 Å². The van der Waals surface area contributed by atoms with Gasteiger partial charge in [-0.2, -0.15) is 0 Å². The van der Waals surface area contributed by atoms with Gasteiger partial charge in [0, 0.05) is 0 Å². The molecular weight excluding hydrogens is 705 g/mol. The zero-order chi connectivity index (χ0) is 38.8. The second-order valence-electron chi connectivity index (χ2n) is 13.9. The normalized spacial score (nSPS) is 10.8. The first-order valence-corrected chi connectivity index (χ1v) is 19.0. The molecule has 0 aliphatic rings. The Balaban J connectivity index is 0.791. The number of hydrogen-bond acceptors (Lipinski definition) is 5. The van der Waals surface area contributed by atoms with E-state index in [1.807, 2.05) is 109 Å². The smallest absolute Gasteiger partial charge is 0.127 e. The van der Waals surface area contributed by atoms with Crippen LogP contribution in [0.1, 0.15) is 27.8 Å². The van der Waals surface area contributed by atoms with Gasteiger partial charge in [0.2, 0.25) is 0 Å². The van der Waals surface area contributed by atoms with E-state index in [0.717, 1.165) is 75.7 Å². The molecule has 280 valence electrons. The van der Waals surface area contributed by atoms with Gasteiger partial charge < -0.3 is 23.7 Å². The van der Waals surface area contributed by atoms with E-state index >= 15 is 0 Å². The molecular formula is C52H42O5. The van der Waals surface area contributed by atoms with Crippen LogP contribution in [0.4, 0.5) is 0 Å². The van der Waals surface area contributed by atoms with Crippen molar-refractivity contribution in [2.75, 3.05) is 7.11 Å². The van der Waals surface area contributed by atoms with Crippen molar-refractivity contribution in [3.8, 4) is 62.9 Å². The lowest BCUT2D eigenvalue weighted by atomic mass is 10.0. The maximum absolute atomic E-state index is 6.18. The van der Waals surface area contributed by atoms with E-state index in [2.05, 4.69) is 91.9 Å². The summed E-state index contributed by atoms with van der Waals surface area (Å²) >= 11 is 0. The van der Waals surface area contributed by atoms with E-state index < -0.39 is 0 Å². The van der Waals surface area contributed by atoms with Crippen LogP contribution in [0.5, 0.6) is 51.7 Å². The maximum Gasteiger partial charge on any atom is 0.127 e. The number of rotatable bonds is 14. The zero-order valence-electron chi connectivity index (χ0n) is 31.9. The molecule has 0 aliphatic heterocycles. The molecule has 57 heavy (non-hydrogen) atoms. The summed E-state index contributed by atoms with van der Waals surface area (Å²) in [5.74, 6) is 6.97. The molecule has 0 atom stereocenters. The molecule has 8 rings (SSSR count). The van der Waals surface area contributed by atoms with Gasteiger partial charge in [0.05, 0.1) is 7.11 Å². The highest BCUT2D eigenvalue weighted by atomic mass is 16.5. The third-order valence-corrected chi connectivity index (χ3v) is 9.58. The quantitative estimate of drug-likeness (QED) is 0.111. The molecule has 5 nitrogen and oxygen atoms in total. The summed E-state index contributed by atoms with van der Waals surface area (Å²) in [6.45, 7) is 2.11. The van der Waals surface area contributed by atoms with Crippen LogP contribution in [-0.4, -0.2) is 7.11 Å². The van der Waals surface area contributed by atoms with Crippen LogP contribution in [0.2, 0.25) is 0 Å². The van der Waals surface area contributed by atoms with Gasteiger partial charge in [-0.3, -0.25) is 0 Å². The Labute approximate surface area is 334 Å². The SMILES string of the molecule is COc1ccc(Oc2ccc(Oc3ccc(Cc4ccc(Oc5ccc(-c6ccc(Oc7ccc(Cc8ccc(C)cc8)cc7)cc6)cc5)cc4)cc3)cc2)cc1. The number of hydrogen-bond donors (Lipinski definition) is 0. The summed E-state index contributed by atoms with van der Waals surface area (Å²) in [5, 5.41) is 0. The fourth-order valence-electron chi connectivity index (χ4n) is 6.40. The van der Waals surface area contributed by atoms with Crippen molar-refractivity contribution >= 4 is 0 Å². The highest BCUT2D eigenvalue weighted by Crippen LogP contribution is 2.31. The first kappa shape index (κ1) is 36.7. The van der Waals surface area contributed by atoms with Crippen LogP contribution in [0.25, 0.3) is 11.1 Å². The largest absolute Gasteiger partial charge is 0.497 e. The van der Waals surface area contributed by atoms with Gasteiger partial charge in [-0.1, -0.05) is 90.5 Å². The first-order valence-electron chi connectivity index (χ1n) is 19.0. The first-order chi connectivity index (χ1) is 28.0. The molecule has 0 aliphatic carbocycles. The molecule has 8 aromatic carbocycles. The van der Waals surface area contributed by atoms with Gasteiger partial charge in [0.25, 0.3) is 0 Å². The standard InChI is InChI=1S/C52H42O5/c1-37-3-5-38(6-4-37)35-39-7-17-45(18-8-39)54-48-23-13-42(14-24-48)43-15-25-49(26-16-43)55-46-19-9-40(10-20-46)36-41-11-21-47(22-12-41)56-51-31-33-52(34-32-51)57-50-29-27-44(53-2)28-30-50/h3-34H,35-36H2,1-2H3. The fraction of sp³-hybridized carbons (Fsp3) is 0.0769. The van der Waals surface area contributed by atoms with Gasteiger partial charge in [-0.15, -0.1) is 0 Å². The molecule has 0 saturated heterocycles. The molecule has 0 fully saturated rings. The van der Waals surface area contributed by atoms with Crippen molar-refractivity contribution in [3.63, 3.8) is 0 Å². The predicted octanol–water partition coefficient (Wildman–Crippen LogP) is 14.0. The summed E-state index contributed by atoms with van der Waals surface area (Å²) in [6, 6.07) is 64.8. The van der Waals surface area contributed by atoms with Crippen molar-refractivity contribution < 1.29 is 23.7 Å². The molecule has 0 heterocycles. The summed E-state index contributed by atoms with van der Waals surface area (Å²) in [4.78, 5) is 0. The lowest BCUT2D eigenvalue weighted by Gasteiger charge is -2.10. The lowest BCUT2D eigenvalue weighted by molar-refractivity contribution is 0.413. The van der Waals surface area contributed by atoms with Gasteiger partial charge in [0.15, 0.2) is 0 Å². The van der Waals surface area contributed by atoms with Gasteiger partial charge in [-0.05, 0) is 162 Å². The molecule has 0 amide bonds. The van der Waals surface area contributed by atoms with Gasteiger partial charge >= 0.3 is 0 Å². The minimum atomic E-state index is 0.730. The molecule has 0 spiro atoms. The Bertz CT molecular complexity index is 2470. The van der Waals surface area contributed by atoms with E-state index in [0.29, 0.717) is 0 Å². The number of methoxy groups -OCH3 is 1. The Hall–Kier alpha value is -7.24. The average molecular weight is 747 g/mol. The summed E-state index contributed by atoms with van der Waals surface area (Å²) in [5.41, 5.74) is 8.44. The van der Waals surface area contributed by atoms with E-state index in [-0.39, 0.29) is 0 Å². The Morgan fingerprint density at radius 1 is 0.263 bits per heavy atom. The molecule has 0 saturated carbocycles. The van der Waals surface area contributed by atoms with Crippen LogP contribution in [0, 0.1) is 6.92 Å².